The molecule has 17 heavy (non-hydrogen) atoms. The number of hydrogen-bond donors (Lipinski definition) is 2. The highest BCUT2D eigenvalue weighted by atomic mass is 16.5. The van der Waals surface area contributed by atoms with Gasteiger partial charge in [-0.2, -0.15) is 0 Å². The van der Waals surface area contributed by atoms with Crippen LogP contribution < -0.4 is 15.8 Å². The van der Waals surface area contributed by atoms with Crippen LogP contribution in [0.1, 0.15) is 25.3 Å². The van der Waals surface area contributed by atoms with Gasteiger partial charge in [-0.1, -0.05) is 6.07 Å². The second-order valence-electron chi connectivity index (χ2n) is 4.54. The van der Waals surface area contributed by atoms with Crippen molar-refractivity contribution in [2.75, 3.05) is 11.9 Å². The van der Waals surface area contributed by atoms with Gasteiger partial charge in [-0.15, -0.1) is 0 Å². The van der Waals surface area contributed by atoms with E-state index in [1.54, 1.807) is 0 Å². The Kier molecular flexibility index (Phi) is 3.07. The minimum atomic E-state index is -0.658. The lowest BCUT2D eigenvalue weighted by atomic mass is 10.2. The van der Waals surface area contributed by atoms with Crippen LogP contribution in [0.4, 0.5) is 5.69 Å². The summed E-state index contributed by atoms with van der Waals surface area (Å²) in [5.74, 6) is 0.576. The molecule has 0 aromatic heterocycles. The van der Waals surface area contributed by atoms with Crippen molar-refractivity contribution in [2.24, 2.45) is 5.73 Å². The molecule has 3 N–H and O–H groups in total. The lowest BCUT2D eigenvalue weighted by Crippen LogP contribution is -2.37. The van der Waals surface area contributed by atoms with Crippen molar-refractivity contribution in [1.82, 2.24) is 0 Å². The Morgan fingerprint density at radius 3 is 2.82 bits per heavy atom. The van der Waals surface area contributed by atoms with Crippen LogP contribution in [0.5, 0.6) is 5.75 Å². The highest BCUT2D eigenvalue weighted by Gasteiger charge is 2.46. The Morgan fingerprint density at radius 2 is 2.24 bits per heavy atom. The number of anilines is 1. The van der Waals surface area contributed by atoms with Crippen LogP contribution >= 0.6 is 0 Å². The third-order valence-corrected chi connectivity index (χ3v) is 2.93. The summed E-state index contributed by atoms with van der Waals surface area (Å²) >= 11 is 0. The van der Waals surface area contributed by atoms with Crippen LogP contribution in [0.3, 0.4) is 0 Å². The van der Waals surface area contributed by atoms with Crippen LogP contribution in [-0.2, 0) is 4.79 Å². The Morgan fingerprint density at radius 1 is 1.53 bits per heavy atom. The summed E-state index contributed by atoms with van der Waals surface area (Å²) in [6.07, 6.45) is 1.52. The summed E-state index contributed by atoms with van der Waals surface area (Å²) in [6, 6.07) is 5.70. The van der Waals surface area contributed by atoms with E-state index in [0.717, 1.165) is 18.4 Å². The highest BCUT2D eigenvalue weighted by Crippen LogP contribution is 2.35. The molecular formula is C13H18N2O2. The van der Waals surface area contributed by atoms with Gasteiger partial charge in [0.25, 0.3) is 0 Å². The first-order chi connectivity index (χ1) is 8.05. The zero-order chi connectivity index (χ0) is 12.5. The predicted octanol–water partition coefficient (Wildman–Crippen LogP) is 1.82. The van der Waals surface area contributed by atoms with Crippen molar-refractivity contribution in [3.05, 3.63) is 23.8 Å². The topological polar surface area (TPSA) is 64.3 Å². The normalized spacial score (nSPS) is 16.4. The molecule has 0 bridgehead atoms. The largest absolute Gasteiger partial charge is 0.492 e. The minimum Gasteiger partial charge on any atom is -0.492 e. The molecule has 4 heteroatoms. The van der Waals surface area contributed by atoms with E-state index >= 15 is 0 Å². The maximum Gasteiger partial charge on any atom is 0.244 e. The number of benzene rings is 1. The summed E-state index contributed by atoms with van der Waals surface area (Å²) < 4.78 is 5.50. The molecule has 92 valence electrons. The number of hydrogen-bond acceptors (Lipinski definition) is 3. The molecule has 1 aliphatic rings. The molecule has 0 aliphatic heterocycles. The van der Waals surface area contributed by atoms with Crippen LogP contribution in [0.25, 0.3) is 0 Å². The average molecular weight is 234 g/mol. The molecule has 0 heterocycles. The predicted molar refractivity (Wildman–Crippen MR) is 67.1 cm³/mol. The van der Waals surface area contributed by atoms with Crippen LogP contribution in [0.15, 0.2) is 18.2 Å². The van der Waals surface area contributed by atoms with Crippen molar-refractivity contribution in [1.29, 1.82) is 0 Å². The van der Waals surface area contributed by atoms with Gasteiger partial charge >= 0.3 is 0 Å². The fourth-order valence-corrected chi connectivity index (χ4v) is 1.62. The van der Waals surface area contributed by atoms with Gasteiger partial charge < -0.3 is 15.8 Å². The van der Waals surface area contributed by atoms with Crippen LogP contribution in [-0.4, -0.2) is 18.1 Å². The van der Waals surface area contributed by atoms with E-state index in [4.69, 9.17) is 10.5 Å². The number of ether oxygens (including phenoxy) is 1. The second-order valence-corrected chi connectivity index (χ2v) is 4.54. The zero-order valence-corrected chi connectivity index (χ0v) is 10.2. The summed E-state index contributed by atoms with van der Waals surface area (Å²) in [7, 11) is 0. The fraction of sp³-hybridized carbons (Fsp3) is 0.462. The van der Waals surface area contributed by atoms with Gasteiger partial charge in [0.05, 0.1) is 17.8 Å². The monoisotopic (exact) mass is 234 g/mol. The van der Waals surface area contributed by atoms with E-state index in [-0.39, 0.29) is 5.91 Å². The highest BCUT2D eigenvalue weighted by molar-refractivity contribution is 6.01. The van der Waals surface area contributed by atoms with E-state index in [9.17, 15) is 4.79 Å². The second kappa shape index (κ2) is 4.37. The first-order valence-electron chi connectivity index (χ1n) is 5.89. The third kappa shape index (κ3) is 2.58. The van der Waals surface area contributed by atoms with Crippen molar-refractivity contribution in [2.45, 2.75) is 32.2 Å². The van der Waals surface area contributed by atoms with Crippen LogP contribution in [0.2, 0.25) is 0 Å². The maximum absolute atomic E-state index is 11.8. The first-order valence-corrected chi connectivity index (χ1v) is 5.89. The Balaban J connectivity index is 2.16. The molecule has 1 amide bonds. The average Bonchev–Trinajstić information content (AvgIpc) is 3.02. The number of nitrogens with two attached hydrogens (primary N) is 1. The van der Waals surface area contributed by atoms with Crippen molar-refractivity contribution in [3.63, 3.8) is 0 Å². The van der Waals surface area contributed by atoms with Gasteiger partial charge in [0.1, 0.15) is 5.75 Å². The molecule has 1 aromatic rings. The van der Waals surface area contributed by atoms with Crippen LogP contribution in [0, 0.1) is 6.92 Å². The van der Waals surface area contributed by atoms with Crippen molar-refractivity contribution in [3.8, 4) is 5.75 Å². The Hall–Kier alpha value is -1.55. The lowest BCUT2D eigenvalue weighted by molar-refractivity contribution is -0.118. The zero-order valence-electron chi connectivity index (χ0n) is 10.2. The number of aryl methyl sites for hydroxylation is 1. The van der Waals surface area contributed by atoms with Gasteiger partial charge in [0, 0.05) is 0 Å². The number of carbonyl (C=O) groups is 1. The van der Waals surface area contributed by atoms with Gasteiger partial charge in [0.2, 0.25) is 5.91 Å². The van der Waals surface area contributed by atoms with Gasteiger partial charge in [-0.3, -0.25) is 4.79 Å². The fourth-order valence-electron chi connectivity index (χ4n) is 1.62. The van der Waals surface area contributed by atoms with E-state index in [1.807, 2.05) is 32.0 Å². The third-order valence-electron chi connectivity index (χ3n) is 2.93. The molecule has 0 saturated heterocycles. The van der Waals surface area contributed by atoms with Crippen molar-refractivity contribution >= 4 is 11.6 Å². The smallest absolute Gasteiger partial charge is 0.244 e. The number of nitrogens with one attached hydrogen (secondary N) is 1. The van der Waals surface area contributed by atoms with E-state index in [2.05, 4.69) is 5.32 Å². The lowest BCUT2D eigenvalue weighted by Gasteiger charge is -2.14. The molecular weight excluding hydrogens is 216 g/mol. The summed E-state index contributed by atoms with van der Waals surface area (Å²) in [5.41, 5.74) is 6.97. The molecule has 0 spiro atoms. The van der Waals surface area contributed by atoms with Gasteiger partial charge in [-0.05, 0) is 44.4 Å². The summed E-state index contributed by atoms with van der Waals surface area (Å²) in [6.45, 7) is 4.47. The Bertz CT molecular complexity index is 439. The minimum absolute atomic E-state index is 0.123. The molecule has 1 aromatic carbocycles. The SMILES string of the molecule is CCOc1cc(C)ccc1NC(=O)C1(N)CC1. The number of carbonyl (C=O) groups excluding carboxylic acids is 1. The first kappa shape index (κ1) is 11.9. The molecule has 4 nitrogen and oxygen atoms in total. The number of rotatable bonds is 4. The molecule has 0 radical (unpaired) electrons. The number of amides is 1. The maximum atomic E-state index is 11.8. The van der Waals surface area contributed by atoms with Gasteiger partial charge in [0.15, 0.2) is 0 Å². The van der Waals surface area contributed by atoms with Gasteiger partial charge in [-0.25, -0.2) is 0 Å². The Labute approximate surface area is 101 Å². The van der Waals surface area contributed by atoms with E-state index in [0.29, 0.717) is 18.0 Å². The molecule has 1 saturated carbocycles. The quantitative estimate of drug-likeness (QED) is 0.835. The van der Waals surface area contributed by atoms with E-state index < -0.39 is 5.54 Å². The molecule has 1 aliphatic carbocycles. The molecule has 0 atom stereocenters. The standard InChI is InChI=1S/C13H18N2O2/c1-3-17-11-8-9(2)4-5-10(11)15-12(16)13(14)6-7-13/h4-5,8H,3,6-7,14H2,1-2H3,(H,15,16). The molecule has 2 rings (SSSR count). The molecule has 0 unspecified atom stereocenters. The molecule has 1 fully saturated rings. The van der Waals surface area contributed by atoms with E-state index in [1.165, 1.54) is 0 Å². The summed E-state index contributed by atoms with van der Waals surface area (Å²) in [4.78, 5) is 11.8. The summed E-state index contributed by atoms with van der Waals surface area (Å²) in [5, 5.41) is 2.84. The van der Waals surface area contributed by atoms with Crippen molar-refractivity contribution < 1.29 is 9.53 Å².